The minimum Gasteiger partial charge on any atom is -0.349 e. The third-order valence-corrected chi connectivity index (χ3v) is 10.6. The van der Waals surface area contributed by atoms with Crippen molar-refractivity contribution in [3.8, 4) is 0 Å². The van der Waals surface area contributed by atoms with Gasteiger partial charge in [-0.15, -0.1) is 0 Å². The second-order valence-corrected chi connectivity index (χ2v) is 13.1. The Morgan fingerprint density at radius 1 is 1.00 bits per heavy atom. The molecule has 4 aliphatic rings. The number of ketones is 1. The molecule has 1 aromatic rings. The van der Waals surface area contributed by atoms with E-state index in [2.05, 4.69) is 19.2 Å². The Kier molecular flexibility index (Phi) is 4.97. The van der Waals surface area contributed by atoms with Crippen molar-refractivity contribution in [1.82, 2.24) is 5.32 Å². The molecule has 0 spiro atoms. The van der Waals surface area contributed by atoms with Gasteiger partial charge in [0.05, 0.1) is 4.90 Å². The molecule has 1 N–H and O–H groups in total. The van der Waals surface area contributed by atoms with Crippen LogP contribution in [0.5, 0.6) is 0 Å². The van der Waals surface area contributed by atoms with Crippen LogP contribution in [-0.2, 0) is 14.6 Å². The topological polar surface area (TPSA) is 80.3 Å². The van der Waals surface area contributed by atoms with Gasteiger partial charge in [0.2, 0.25) is 5.91 Å². The molecule has 1 aromatic carbocycles. The summed E-state index contributed by atoms with van der Waals surface area (Å²) in [5, 5.41) is 3.18. The number of rotatable bonds is 3. The smallest absolute Gasteiger partial charge is 0.244 e. The molecule has 0 bridgehead atoms. The van der Waals surface area contributed by atoms with E-state index >= 15 is 0 Å². The van der Waals surface area contributed by atoms with E-state index in [0.717, 1.165) is 25.5 Å². The number of benzene rings is 1. The summed E-state index contributed by atoms with van der Waals surface area (Å²) in [4.78, 5) is 26.5. The van der Waals surface area contributed by atoms with Crippen LogP contribution in [0, 0.1) is 28.6 Å². The first-order chi connectivity index (χ1) is 15.0. The van der Waals surface area contributed by atoms with E-state index in [4.69, 9.17) is 0 Å². The minimum absolute atomic E-state index is 0.0266. The quantitative estimate of drug-likeness (QED) is 0.688. The zero-order valence-electron chi connectivity index (χ0n) is 19.2. The van der Waals surface area contributed by atoms with Crippen molar-refractivity contribution in [1.29, 1.82) is 0 Å². The highest BCUT2D eigenvalue weighted by Crippen LogP contribution is 2.64. The van der Waals surface area contributed by atoms with Gasteiger partial charge in [-0.1, -0.05) is 20.3 Å². The van der Waals surface area contributed by atoms with Crippen molar-refractivity contribution in [2.24, 2.45) is 28.6 Å². The summed E-state index contributed by atoms with van der Waals surface area (Å²) in [6.07, 6.45) is 10.9. The molecular formula is C26H33NO4S. The highest BCUT2D eigenvalue weighted by atomic mass is 32.2. The Balaban J connectivity index is 1.53. The summed E-state index contributed by atoms with van der Waals surface area (Å²) in [5.74, 6) is 1.35. The molecule has 6 atom stereocenters. The van der Waals surface area contributed by atoms with Crippen LogP contribution in [0.1, 0.15) is 69.2 Å². The van der Waals surface area contributed by atoms with Crippen LogP contribution in [0.4, 0.5) is 0 Å². The molecule has 0 aromatic heterocycles. The maximum atomic E-state index is 13.7. The van der Waals surface area contributed by atoms with Crippen molar-refractivity contribution in [2.75, 3.05) is 6.26 Å². The lowest BCUT2D eigenvalue weighted by Gasteiger charge is -2.59. The van der Waals surface area contributed by atoms with Gasteiger partial charge in [-0.25, -0.2) is 8.42 Å². The predicted molar refractivity (Wildman–Crippen MR) is 123 cm³/mol. The van der Waals surface area contributed by atoms with Crippen molar-refractivity contribution >= 4 is 21.5 Å². The van der Waals surface area contributed by atoms with Gasteiger partial charge in [-0.05, 0) is 86.0 Å². The van der Waals surface area contributed by atoms with E-state index in [9.17, 15) is 18.0 Å². The number of carbonyl (C=O) groups is 2. The lowest BCUT2D eigenvalue weighted by atomic mass is 9.46. The molecule has 5 rings (SSSR count). The van der Waals surface area contributed by atoms with Crippen molar-refractivity contribution < 1.29 is 18.0 Å². The number of hydrogen-bond acceptors (Lipinski definition) is 4. The number of sulfone groups is 1. The maximum Gasteiger partial charge on any atom is 0.244 e. The van der Waals surface area contributed by atoms with Gasteiger partial charge >= 0.3 is 0 Å². The summed E-state index contributed by atoms with van der Waals surface area (Å²) in [6, 6.07) is 6.11. The minimum atomic E-state index is -3.33. The molecule has 0 saturated heterocycles. The first kappa shape index (κ1) is 21.9. The summed E-state index contributed by atoms with van der Waals surface area (Å²) in [7, 11) is -3.33. The molecule has 3 saturated carbocycles. The van der Waals surface area contributed by atoms with E-state index in [0.29, 0.717) is 34.3 Å². The number of hydrogen-bond donors (Lipinski definition) is 1. The van der Waals surface area contributed by atoms with Gasteiger partial charge in [-0.3, -0.25) is 9.59 Å². The fourth-order valence-corrected chi connectivity index (χ4v) is 8.40. The van der Waals surface area contributed by atoms with Crippen LogP contribution in [0.25, 0.3) is 0 Å². The van der Waals surface area contributed by atoms with Gasteiger partial charge in [0, 0.05) is 34.9 Å². The lowest BCUT2D eigenvalue weighted by Crippen LogP contribution is -2.61. The van der Waals surface area contributed by atoms with Crippen LogP contribution >= 0.6 is 0 Å². The second-order valence-electron chi connectivity index (χ2n) is 11.1. The van der Waals surface area contributed by atoms with Crippen molar-refractivity contribution in [2.45, 2.75) is 69.7 Å². The fraction of sp³-hybridized carbons (Fsp3) is 0.615. The van der Waals surface area contributed by atoms with Gasteiger partial charge < -0.3 is 5.32 Å². The maximum absolute atomic E-state index is 13.7. The van der Waals surface area contributed by atoms with E-state index in [1.165, 1.54) is 43.9 Å². The molecule has 3 aliphatic carbocycles. The van der Waals surface area contributed by atoms with Crippen LogP contribution < -0.4 is 5.32 Å². The summed E-state index contributed by atoms with van der Waals surface area (Å²) >= 11 is 0. The zero-order chi connectivity index (χ0) is 22.9. The van der Waals surface area contributed by atoms with Crippen LogP contribution in [0.2, 0.25) is 0 Å². The number of nitrogens with one attached hydrogen (secondary N) is 1. The third kappa shape index (κ3) is 3.20. The predicted octanol–water partition coefficient (Wildman–Crippen LogP) is 4.33. The molecule has 5 nitrogen and oxygen atoms in total. The van der Waals surface area contributed by atoms with E-state index in [1.807, 2.05) is 0 Å². The van der Waals surface area contributed by atoms with Gasteiger partial charge in [0.15, 0.2) is 15.6 Å². The van der Waals surface area contributed by atoms with Gasteiger partial charge in [-0.2, -0.15) is 0 Å². The van der Waals surface area contributed by atoms with Crippen LogP contribution in [0.15, 0.2) is 40.8 Å². The summed E-state index contributed by atoms with van der Waals surface area (Å²) in [6.45, 7) is 4.66. The Morgan fingerprint density at radius 3 is 2.41 bits per heavy atom. The molecule has 0 unspecified atom stereocenters. The van der Waals surface area contributed by atoms with Gasteiger partial charge in [0.25, 0.3) is 0 Å². The van der Waals surface area contributed by atoms with Crippen molar-refractivity contribution in [3.05, 3.63) is 41.5 Å². The summed E-state index contributed by atoms with van der Waals surface area (Å²) in [5.41, 5.74) is 1.09. The summed E-state index contributed by atoms with van der Waals surface area (Å²) < 4.78 is 23.6. The number of amides is 1. The monoisotopic (exact) mass is 455 g/mol. The number of Topliss-reactive ketones (excluding diaryl/α,β-unsaturated/α-hetero) is 1. The normalized spacial score (nSPS) is 38.7. The standard InChI is InChI=1S/C26H33NO4S/c1-25-13-4-5-19(25)18-10-11-22-26(2,20(18)12-14-25)21(15-23(28)27-22)24(29)16-6-8-17(9-7-16)32(3,30)31/h6-9,15,18-20,22H,4-5,10-14H2,1-3H3,(H,27,28)/t18-,19-,20-,22+,25-,26-/m0/s1. The second kappa shape index (κ2) is 7.28. The largest absolute Gasteiger partial charge is 0.349 e. The Morgan fingerprint density at radius 2 is 1.72 bits per heavy atom. The molecule has 6 heteroatoms. The first-order valence-corrected chi connectivity index (χ1v) is 13.8. The molecule has 32 heavy (non-hydrogen) atoms. The lowest BCUT2D eigenvalue weighted by molar-refractivity contribution is -0.122. The molecule has 1 amide bonds. The van der Waals surface area contributed by atoms with E-state index < -0.39 is 15.3 Å². The van der Waals surface area contributed by atoms with E-state index in [1.54, 1.807) is 12.1 Å². The highest BCUT2D eigenvalue weighted by molar-refractivity contribution is 7.90. The molecule has 3 fully saturated rings. The fourth-order valence-electron chi connectivity index (χ4n) is 7.77. The SMILES string of the molecule is C[C@@]12CCC[C@H]1[C@@H]1CC[C@H]3NC(=O)C=C(C(=O)c4ccc(S(C)(=O)=O)cc4)[C@]3(C)[C@H]1CC2. The highest BCUT2D eigenvalue weighted by Gasteiger charge is 2.60. The molecule has 1 aliphatic heterocycles. The van der Waals surface area contributed by atoms with Crippen molar-refractivity contribution in [3.63, 3.8) is 0 Å². The Labute approximate surface area is 191 Å². The number of carbonyl (C=O) groups excluding carboxylic acids is 2. The molecule has 0 radical (unpaired) electrons. The Bertz CT molecular complexity index is 1110. The number of fused-ring (bicyclic) bond motifs is 5. The molecule has 172 valence electrons. The van der Waals surface area contributed by atoms with Crippen LogP contribution in [0.3, 0.4) is 0 Å². The third-order valence-electron chi connectivity index (χ3n) is 9.46. The average Bonchev–Trinajstić information content (AvgIpc) is 3.14. The van der Waals surface area contributed by atoms with E-state index in [-0.39, 0.29) is 22.6 Å². The molecular weight excluding hydrogens is 422 g/mol. The first-order valence-electron chi connectivity index (χ1n) is 11.9. The zero-order valence-corrected chi connectivity index (χ0v) is 20.0. The Hall–Kier alpha value is -1.95. The van der Waals surface area contributed by atoms with Gasteiger partial charge in [0.1, 0.15) is 0 Å². The van der Waals surface area contributed by atoms with Crippen LogP contribution in [-0.4, -0.2) is 32.4 Å². The average molecular weight is 456 g/mol. The molecule has 1 heterocycles.